The molecular weight excluding hydrogens is 458 g/mol. The van der Waals surface area contributed by atoms with Gasteiger partial charge < -0.3 is 0 Å². The topological polar surface area (TPSA) is 0 Å². The Bertz CT molecular complexity index is 231. The Kier molecular flexibility index (Phi) is 6.41. The monoisotopic (exact) mass is 471 g/mol. The molecule has 0 saturated heterocycles. The number of hydrogen-bond acceptors (Lipinski definition) is 0. The quantitative estimate of drug-likeness (QED) is 0.449. The maximum absolute atomic E-state index is 3.26. The van der Waals surface area contributed by atoms with E-state index in [0.717, 1.165) is 0 Å². The van der Waals surface area contributed by atoms with E-state index in [1.807, 2.05) is 0 Å². The normalized spacial score (nSPS) is 20.1. The fourth-order valence-electron chi connectivity index (χ4n) is 1.87. The second-order valence-electron chi connectivity index (χ2n) is 3.36. The van der Waals surface area contributed by atoms with Crippen LogP contribution in [0.2, 0.25) is 0 Å². The summed E-state index contributed by atoms with van der Waals surface area (Å²) in [5.74, 6) is 0. The molecule has 0 aromatic heterocycles. The van der Waals surface area contributed by atoms with E-state index in [-0.39, 0.29) is 18.2 Å². The van der Waals surface area contributed by atoms with Gasteiger partial charge >= 0.3 is 42.8 Å². The van der Waals surface area contributed by atoms with Crippen molar-refractivity contribution in [1.82, 2.24) is 0 Å². The number of halogens is 2. The van der Waals surface area contributed by atoms with Crippen LogP contribution in [-0.2, 0) is 18.2 Å². The van der Waals surface area contributed by atoms with Gasteiger partial charge in [-0.25, -0.2) is 0 Å². The number of hydrogen-bond donors (Lipinski definition) is 0. The van der Waals surface area contributed by atoms with Crippen LogP contribution in [0.1, 0.15) is 32.6 Å². The van der Waals surface area contributed by atoms with E-state index in [0.29, 0.717) is 0 Å². The molecule has 0 aromatic rings. The van der Waals surface area contributed by atoms with E-state index >= 15 is 0 Å². The predicted molar refractivity (Wildman–Crippen MR) is 61.4 cm³/mol. The summed E-state index contributed by atoms with van der Waals surface area (Å²) in [4.78, 5) is 0. The van der Waals surface area contributed by atoms with Crippen LogP contribution < -0.4 is 0 Å². The van der Waals surface area contributed by atoms with Gasteiger partial charge in [-0.05, 0) is 38.2 Å². The van der Waals surface area contributed by atoms with Crippen molar-refractivity contribution in [3.05, 3.63) is 29.2 Å². The van der Waals surface area contributed by atoms with Gasteiger partial charge in [0.15, 0.2) is 0 Å². The van der Waals surface area contributed by atoms with Gasteiger partial charge in [-0.3, -0.25) is 0 Å². The van der Waals surface area contributed by atoms with Crippen LogP contribution in [0.3, 0.4) is 0 Å². The van der Waals surface area contributed by atoms with E-state index in [2.05, 4.69) is 44.0 Å². The number of allylic oxidation sites excluding steroid dienone is 4. The average Bonchev–Trinajstić information content (AvgIpc) is 2.45. The molecular formula is C10H13Br2Hf. The van der Waals surface area contributed by atoms with Gasteiger partial charge in [0.25, 0.3) is 0 Å². The van der Waals surface area contributed by atoms with Crippen molar-refractivity contribution in [3.63, 3.8) is 0 Å². The summed E-state index contributed by atoms with van der Waals surface area (Å²) in [6.07, 6.45) is 10.1. The van der Waals surface area contributed by atoms with Gasteiger partial charge in [-0.2, -0.15) is 0 Å². The molecule has 0 saturated carbocycles. The van der Waals surface area contributed by atoms with Crippen molar-refractivity contribution in [2.45, 2.75) is 32.6 Å². The molecule has 0 amide bonds. The van der Waals surface area contributed by atoms with E-state index in [1.165, 1.54) is 31.3 Å². The van der Waals surface area contributed by atoms with Crippen LogP contribution in [0.5, 0.6) is 0 Å². The summed E-state index contributed by atoms with van der Waals surface area (Å²) < 4.78 is 0. The molecule has 3 heteroatoms. The van der Waals surface area contributed by atoms with Gasteiger partial charge in [0.05, 0.1) is 0 Å². The molecule has 2 aliphatic rings. The summed E-state index contributed by atoms with van der Waals surface area (Å²) in [5.41, 5.74) is 4.68. The summed E-state index contributed by atoms with van der Waals surface area (Å²) in [6.45, 7) is 2.19. The molecule has 1 radical (unpaired) electrons. The fraction of sp³-hybridized carbons (Fsp3) is 0.500. The van der Waals surface area contributed by atoms with Gasteiger partial charge in [0, 0.05) is 6.42 Å². The summed E-state index contributed by atoms with van der Waals surface area (Å²) >= 11 is 6.22. The van der Waals surface area contributed by atoms with E-state index in [1.54, 1.807) is 11.1 Å². The van der Waals surface area contributed by atoms with Crippen molar-refractivity contribution in [2.75, 3.05) is 0 Å². The molecule has 13 heavy (non-hydrogen) atoms. The first kappa shape index (κ1) is 12.4. The van der Waals surface area contributed by atoms with Crippen LogP contribution in [0.15, 0.2) is 22.8 Å². The van der Waals surface area contributed by atoms with Crippen LogP contribution >= 0.6 is 24.6 Å². The molecule has 0 bridgehead atoms. The zero-order valence-electron chi connectivity index (χ0n) is 7.74. The van der Waals surface area contributed by atoms with Crippen LogP contribution in [0.4, 0.5) is 0 Å². The molecule has 0 nitrogen and oxygen atoms in total. The molecule has 0 N–H and O–H groups in total. The van der Waals surface area contributed by atoms with Gasteiger partial charge in [-0.15, -0.1) is 0 Å². The van der Waals surface area contributed by atoms with Gasteiger partial charge in [-0.1, -0.05) is 17.2 Å². The molecule has 0 spiro atoms. The van der Waals surface area contributed by atoms with Crippen LogP contribution in [-0.4, -0.2) is 0 Å². The Balaban J connectivity index is 0.000000251. The van der Waals surface area contributed by atoms with Crippen molar-refractivity contribution >= 4 is 24.6 Å². The Morgan fingerprint density at radius 1 is 1.15 bits per heavy atom. The predicted octanol–water partition coefficient (Wildman–Crippen LogP) is 4.71. The van der Waals surface area contributed by atoms with Crippen molar-refractivity contribution < 1.29 is 18.2 Å². The molecule has 0 aliphatic heterocycles. The fourth-order valence-corrected chi connectivity index (χ4v) is 1.87. The van der Waals surface area contributed by atoms with Crippen molar-refractivity contribution in [2.24, 2.45) is 0 Å². The Labute approximate surface area is 104 Å². The minimum absolute atomic E-state index is 0.292. The summed E-state index contributed by atoms with van der Waals surface area (Å²) in [6, 6.07) is 0. The van der Waals surface area contributed by atoms with Crippen LogP contribution in [0, 0.1) is 6.42 Å². The summed E-state index contributed by atoms with van der Waals surface area (Å²) in [5, 5.41) is 0. The standard InChI is InChI=1S/C10H13.2BrH.Hf/c1-8-6-9-4-2-3-5-10(9)7-8;;;/h6-7H,2-5H2,1H3;2*1H;/q;;;+2/p-2. The second-order valence-corrected chi connectivity index (χ2v) is 19.1. The molecule has 2 aliphatic carbocycles. The van der Waals surface area contributed by atoms with Crippen molar-refractivity contribution in [1.29, 1.82) is 0 Å². The molecule has 71 valence electrons. The zero-order valence-corrected chi connectivity index (χ0v) is 14.5. The minimum atomic E-state index is -0.292. The molecule has 0 heterocycles. The first-order valence-electron chi connectivity index (χ1n) is 4.49. The Morgan fingerprint density at radius 3 is 2.23 bits per heavy atom. The van der Waals surface area contributed by atoms with E-state index in [9.17, 15) is 0 Å². The third-order valence-corrected chi connectivity index (χ3v) is 2.36. The Hall–Kier alpha value is 1.31. The third kappa shape index (κ3) is 4.13. The van der Waals surface area contributed by atoms with Gasteiger partial charge in [0.2, 0.25) is 0 Å². The molecule has 0 aromatic carbocycles. The second kappa shape index (κ2) is 6.73. The summed E-state index contributed by atoms with van der Waals surface area (Å²) in [7, 11) is 0. The molecule has 0 atom stereocenters. The molecule has 0 fully saturated rings. The maximum atomic E-state index is 3.26. The van der Waals surface area contributed by atoms with E-state index in [4.69, 9.17) is 0 Å². The number of rotatable bonds is 0. The molecule has 0 unspecified atom stereocenters. The van der Waals surface area contributed by atoms with E-state index < -0.39 is 0 Å². The Morgan fingerprint density at radius 2 is 1.69 bits per heavy atom. The first-order valence-corrected chi connectivity index (χ1v) is 20.2. The first-order chi connectivity index (χ1) is 6.27. The average molecular weight is 472 g/mol. The SMILES string of the molecule is CC1=CC2=C([CH]1)CCCC2.[Br][Hf][Br]. The van der Waals surface area contributed by atoms with Crippen molar-refractivity contribution in [3.8, 4) is 0 Å². The van der Waals surface area contributed by atoms with Crippen LogP contribution in [0.25, 0.3) is 0 Å². The third-order valence-electron chi connectivity index (χ3n) is 2.36. The molecule has 2 rings (SSSR count). The zero-order chi connectivity index (χ0) is 9.68. The van der Waals surface area contributed by atoms with Gasteiger partial charge in [0.1, 0.15) is 0 Å².